The van der Waals surface area contributed by atoms with E-state index in [0.29, 0.717) is 18.4 Å². The lowest BCUT2D eigenvalue weighted by Crippen LogP contribution is -2.43. The van der Waals surface area contributed by atoms with Crippen LogP contribution in [0.25, 0.3) is 0 Å². The second-order valence-corrected chi connectivity index (χ2v) is 12.3. The Morgan fingerprint density at radius 2 is 1.81 bits per heavy atom. The molecule has 0 radical (unpaired) electrons. The molecule has 0 unspecified atom stereocenters. The largest absolute Gasteiger partial charge is 0.352 e. The summed E-state index contributed by atoms with van der Waals surface area (Å²) >= 11 is 0. The number of ether oxygens (including phenoxy) is 2. The molecule has 0 saturated heterocycles. The molecule has 1 aliphatic rings. The van der Waals surface area contributed by atoms with Crippen molar-refractivity contribution in [2.45, 2.75) is 65.1 Å². The summed E-state index contributed by atoms with van der Waals surface area (Å²) in [6.07, 6.45) is 3.81. The molecule has 0 saturated carbocycles. The Morgan fingerprint density at radius 1 is 1.19 bits per heavy atom. The van der Waals surface area contributed by atoms with Gasteiger partial charge in [0.25, 0.3) is 0 Å². The molecule has 0 amide bonds. The SMILES string of the molecule is CO[C@@H]1C=C[C@H](C(C)C)[C@@H](COO[Si](C)(C)C(C)(C)C)O1. The predicted molar refractivity (Wildman–Crippen MR) is 87.4 cm³/mol. The molecule has 0 aromatic heterocycles. The Hall–Kier alpha value is -0.203. The molecule has 3 atom stereocenters. The lowest BCUT2D eigenvalue weighted by Gasteiger charge is -2.37. The normalized spacial score (nSPS) is 27.4. The lowest BCUT2D eigenvalue weighted by atomic mass is 9.89. The van der Waals surface area contributed by atoms with Crippen LogP contribution >= 0.6 is 0 Å². The van der Waals surface area contributed by atoms with Crippen molar-refractivity contribution < 1.29 is 18.9 Å². The zero-order valence-corrected chi connectivity index (χ0v) is 15.8. The van der Waals surface area contributed by atoms with Crippen molar-refractivity contribution in [3.05, 3.63) is 12.2 Å². The van der Waals surface area contributed by atoms with Crippen LogP contribution in [0.4, 0.5) is 0 Å². The number of hydrogen-bond acceptors (Lipinski definition) is 4. The first kappa shape index (κ1) is 18.8. The summed E-state index contributed by atoms with van der Waals surface area (Å²) in [5.41, 5.74) is 0. The highest BCUT2D eigenvalue weighted by molar-refractivity contribution is 6.73. The van der Waals surface area contributed by atoms with Gasteiger partial charge in [-0.05, 0) is 30.1 Å². The maximum atomic E-state index is 5.91. The van der Waals surface area contributed by atoms with Crippen molar-refractivity contribution in [3.63, 3.8) is 0 Å². The third-order valence-electron chi connectivity index (χ3n) is 4.54. The summed E-state index contributed by atoms with van der Waals surface area (Å²) in [6, 6.07) is 0. The van der Waals surface area contributed by atoms with Gasteiger partial charge in [0.15, 0.2) is 6.29 Å². The Kier molecular flexibility index (Phi) is 6.62. The van der Waals surface area contributed by atoms with Crippen LogP contribution in [-0.4, -0.2) is 34.4 Å². The smallest absolute Gasteiger partial charge is 0.238 e. The Bertz CT molecular complexity index is 347. The molecule has 0 aromatic rings. The monoisotopic (exact) mass is 316 g/mol. The molecule has 1 aliphatic heterocycles. The van der Waals surface area contributed by atoms with Gasteiger partial charge in [-0.3, -0.25) is 4.58 Å². The molecule has 0 aliphatic carbocycles. The van der Waals surface area contributed by atoms with Gasteiger partial charge in [-0.2, -0.15) is 0 Å². The molecule has 4 nitrogen and oxygen atoms in total. The number of rotatable bonds is 6. The van der Waals surface area contributed by atoms with E-state index in [9.17, 15) is 0 Å². The molecule has 0 bridgehead atoms. The summed E-state index contributed by atoms with van der Waals surface area (Å²) in [5, 5.41) is 0.132. The zero-order chi connectivity index (χ0) is 16.3. The quantitative estimate of drug-likeness (QED) is 0.319. The highest BCUT2D eigenvalue weighted by atomic mass is 28.4. The molecule has 0 spiro atoms. The van der Waals surface area contributed by atoms with E-state index in [1.165, 1.54) is 0 Å². The second-order valence-electron chi connectivity index (χ2n) is 7.61. The van der Waals surface area contributed by atoms with Crippen LogP contribution in [-0.2, 0) is 18.9 Å². The predicted octanol–water partition coefficient (Wildman–Crippen LogP) is 4.14. The molecule has 5 heteroatoms. The minimum atomic E-state index is -1.89. The maximum absolute atomic E-state index is 5.91. The van der Waals surface area contributed by atoms with Gasteiger partial charge in [-0.1, -0.05) is 40.7 Å². The van der Waals surface area contributed by atoms with Crippen LogP contribution < -0.4 is 0 Å². The molecule has 1 heterocycles. The number of methoxy groups -OCH3 is 1. The molecular weight excluding hydrogens is 284 g/mol. The van der Waals surface area contributed by atoms with Crippen molar-refractivity contribution in [2.24, 2.45) is 11.8 Å². The summed E-state index contributed by atoms with van der Waals surface area (Å²) in [4.78, 5) is 5.58. The van der Waals surface area contributed by atoms with Gasteiger partial charge >= 0.3 is 0 Å². The van der Waals surface area contributed by atoms with Crippen molar-refractivity contribution in [1.29, 1.82) is 0 Å². The van der Waals surface area contributed by atoms with E-state index in [1.807, 2.05) is 6.08 Å². The van der Waals surface area contributed by atoms with Gasteiger partial charge in [0.1, 0.15) is 6.61 Å². The first-order valence-electron chi connectivity index (χ1n) is 7.75. The van der Waals surface area contributed by atoms with Gasteiger partial charge in [-0.25, -0.2) is 4.89 Å². The Balaban J connectivity index is 2.58. The van der Waals surface area contributed by atoms with E-state index in [4.69, 9.17) is 18.9 Å². The van der Waals surface area contributed by atoms with E-state index in [2.05, 4.69) is 53.8 Å². The summed E-state index contributed by atoms with van der Waals surface area (Å²) < 4.78 is 17.0. The molecule has 1 rings (SSSR count). The van der Waals surface area contributed by atoms with Crippen molar-refractivity contribution >= 4 is 8.32 Å². The third kappa shape index (κ3) is 5.18. The topological polar surface area (TPSA) is 36.9 Å². The highest BCUT2D eigenvalue weighted by Crippen LogP contribution is 2.37. The lowest BCUT2D eigenvalue weighted by molar-refractivity contribution is -0.261. The third-order valence-corrected chi connectivity index (χ3v) is 8.68. The minimum Gasteiger partial charge on any atom is -0.352 e. The standard InChI is InChI=1S/C16H32O4Si/c1-12(2)13-9-10-15(17-6)19-14(13)11-18-20-21(7,8)16(3,4)5/h9-10,12-15H,11H2,1-8H3/t13-,14-,15+/m1/s1. The van der Waals surface area contributed by atoms with Crippen LogP contribution in [0.15, 0.2) is 12.2 Å². The van der Waals surface area contributed by atoms with Crippen molar-refractivity contribution in [2.75, 3.05) is 13.7 Å². The average Bonchev–Trinajstić information content (AvgIpc) is 2.36. The molecule has 0 N–H and O–H groups in total. The van der Waals surface area contributed by atoms with Gasteiger partial charge in [0.2, 0.25) is 8.32 Å². The zero-order valence-electron chi connectivity index (χ0n) is 14.8. The molecule has 0 aromatic carbocycles. The van der Waals surface area contributed by atoms with Crippen LogP contribution in [0, 0.1) is 11.8 Å². The van der Waals surface area contributed by atoms with Gasteiger partial charge in [0.05, 0.1) is 6.10 Å². The van der Waals surface area contributed by atoms with Crippen LogP contribution in [0.2, 0.25) is 18.1 Å². The Labute approximate surface area is 130 Å². The summed E-state index contributed by atoms with van der Waals surface area (Å²) in [6.45, 7) is 15.7. The average molecular weight is 317 g/mol. The van der Waals surface area contributed by atoms with Crippen LogP contribution in [0.5, 0.6) is 0 Å². The van der Waals surface area contributed by atoms with Gasteiger partial charge in [-0.15, -0.1) is 0 Å². The van der Waals surface area contributed by atoms with Gasteiger partial charge < -0.3 is 9.47 Å². The van der Waals surface area contributed by atoms with E-state index in [-0.39, 0.29) is 17.4 Å². The van der Waals surface area contributed by atoms with E-state index >= 15 is 0 Å². The first-order valence-corrected chi connectivity index (χ1v) is 10.7. The van der Waals surface area contributed by atoms with E-state index in [1.54, 1.807) is 7.11 Å². The highest BCUT2D eigenvalue weighted by Gasteiger charge is 2.39. The van der Waals surface area contributed by atoms with E-state index in [0.717, 1.165) is 0 Å². The van der Waals surface area contributed by atoms with Crippen molar-refractivity contribution in [1.82, 2.24) is 0 Å². The molecule has 0 fully saturated rings. The van der Waals surface area contributed by atoms with Gasteiger partial charge in [0, 0.05) is 13.0 Å². The van der Waals surface area contributed by atoms with Crippen molar-refractivity contribution in [3.8, 4) is 0 Å². The fourth-order valence-corrected chi connectivity index (χ4v) is 2.57. The fraction of sp³-hybridized carbons (Fsp3) is 0.875. The second kappa shape index (κ2) is 7.37. The van der Waals surface area contributed by atoms with Crippen LogP contribution in [0.1, 0.15) is 34.6 Å². The minimum absolute atomic E-state index is 0.0373. The Morgan fingerprint density at radius 3 is 2.29 bits per heavy atom. The molecule has 21 heavy (non-hydrogen) atoms. The molecular formula is C16H32O4Si. The first-order chi connectivity index (χ1) is 9.58. The van der Waals surface area contributed by atoms with Crippen LogP contribution in [0.3, 0.4) is 0 Å². The molecule has 124 valence electrons. The number of hydrogen-bond donors (Lipinski definition) is 0. The fourth-order valence-electron chi connectivity index (χ4n) is 1.96. The summed E-state index contributed by atoms with van der Waals surface area (Å²) in [7, 11) is -0.243. The van der Waals surface area contributed by atoms with E-state index < -0.39 is 8.32 Å². The summed E-state index contributed by atoms with van der Waals surface area (Å²) in [5.74, 6) is 0.806. The maximum Gasteiger partial charge on any atom is 0.238 e.